The second-order valence-corrected chi connectivity index (χ2v) is 4.89. The van der Waals surface area contributed by atoms with Gasteiger partial charge in [-0.1, -0.05) is 0 Å². The SMILES string of the molecule is CN1CCC(Nc2ncnc3c2CCC3)C1. The van der Waals surface area contributed by atoms with Gasteiger partial charge in [-0.15, -0.1) is 0 Å². The van der Waals surface area contributed by atoms with Crippen molar-refractivity contribution in [1.29, 1.82) is 0 Å². The molecule has 2 aliphatic rings. The Bertz CT molecular complexity index is 391. The number of likely N-dealkylation sites (tertiary alicyclic amines) is 1. The van der Waals surface area contributed by atoms with Crippen molar-refractivity contribution in [3.8, 4) is 0 Å². The fourth-order valence-corrected chi connectivity index (χ4v) is 2.73. The van der Waals surface area contributed by atoms with Gasteiger partial charge in [0, 0.05) is 23.8 Å². The van der Waals surface area contributed by atoms with E-state index in [9.17, 15) is 0 Å². The van der Waals surface area contributed by atoms with Crippen molar-refractivity contribution < 1.29 is 0 Å². The Kier molecular flexibility index (Phi) is 2.52. The number of aromatic nitrogens is 2. The highest BCUT2D eigenvalue weighted by Gasteiger charge is 2.22. The third-order valence-corrected chi connectivity index (χ3v) is 3.61. The topological polar surface area (TPSA) is 41.0 Å². The summed E-state index contributed by atoms with van der Waals surface area (Å²) in [6.45, 7) is 2.31. The number of nitrogens with one attached hydrogen (secondary N) is 1. The van der Waals surface area contributed by atoms with Gasteiger partial charge >= 0.3 is 0 Å². The lowest BCUT2D eigenvalue weighted by Gasteiger charge is -2.15. The monoisotopic (exact) mass is 218 g/mol. The van der Waals surface area contributed by atoms with Gasteiger partial charge in [0.1, 0.15) is 12.1 Å². The minimum atomic E-state index is 0.560. The van der Waals surface area contributed by atoms with Crippen molar-refractivity contribution in [3.05, 3.63) is 17.6 Å². The molecule has 1 fully saturated rings. The molecule has 0 amide bonds. The van der Waals surface area contributed by atoms with Crippen LogP contribution in [0.4, 0.5) is 5.82 Å². The third kappa shape index (κ3) is 1.78. The molecule has 16 heavy (non-hydrogen) atoms. The van der Waals surface area contributed by atoms with Crippen molar-refractivity contribution in [3.63, 3.8) is 0 Å². The van der Waals surface area contributed by atoms with E-state index in [2.05, 4.69) is 27.2 Å². The summed E-state index contributed by atoms with van der Waals surface area (Å²) in [6.07, 6.45) is 6.41. The van der Waals surface area contributed by atoms with E-state index in [1.54, 1.807) is 6.33 Å². The number of hydrogen-bond donors (Lipinski definition) is 1. The molecule has 0 saturated carbocycles. The predicted octanol–water partition coefficient (Wildman–Crippen LogP) is 1.08. The van der Waals surface area contributed by atoms with Crippen LogP contribution in [0.25, 0.3) is 0 Å². The first-order valence-electron chi connectivity index (χ1n) is 6.11. The van der Waals surface area contributed by atoms with E-state index in [1.807, 2.05) is 0 Å². The van der Waals surface area contributed by atoms with E-state index in [1.165, 1.54) is 30.6 Å². The van der Waals surface area contributed by atoms with E-state index in [-0.39, 0.29) is 0 Å². The number of rotatable bonds is 2. The van der Waals surface area contributed by atoms with Crippen LogP contribution >= 0.6 is 0 Å². The summed E-state index contributed by atoms with van der Waals surface area (Å²) in [6, 6.07) is 0.560. The second kappa shape index (κ2) is 4.01. The molecule has 4 heteroatoms. The lowest BCUT2D eigenvalue weighted by molar-refractivity contribution is 0.414. The van der Waals surface area contributed by atoms with Crippen LogP contribution in [0.1, 0.15) is 24.1 Å². The molecule has 1 aliphatic heterocycles. The van der Waals surface area contributed by atoms with E-state index in [0.29, 0.717) is 6.04 Å². The minimum Gasteiger partial charge on any atom is -0.366 e. The van der Waals surface area contributed by atoms with Gasteiger partial charge in [-0.25, -0.2) is 9.97 Å². The summed E-state index contributed by atoms with van der Waals surface area (Å²) in [5, 5.41) is 3.58. The average Bonchev–Trinajstić information content (AvgIpc) is 2.87. The summed E-state index contributed by atoms with van der Waals surface area (Å²) in [7, 11) is 2.17. The zero-order chi connectivity index (χ0) is 11.0. The number of anilines is 1. The number of likely N-dealkylation sites (N-methyl/N-ethyl adjacent to an activating group) is 1. The molecular formula is C12H18N4. The fraction of sp³-hybridized carbons (Fsp3) is 0.667. The first-order chi connectivity index (χ1) is 7.83. The molecule has 1 unspecified atom stereocenters. The van der Waals surface area contributed by atoms with Gasteiger partial charge in [0.05, 0.1) is 0 Å². The van der Waals surface area contributed by atoms with Crippen LogP contribution in [0.2, 0.25) is 0 Å². The lowest BCUT2D eigenvalue weighted by atomic mass is 10.2. The van der Waals surface area contributed by atoms with Gasteiger partial charge in [-0.3, -0.25) is 0 Å². The molecule has 4 nitrogen and oxygen atoms in total. The quantitative estimate of drug-likeness (QED) is 0.806. The highest BCUT2D eigenvalue weighted by atomic mass is 15.2. The maximum atomic E-state index is 4.40. The normalized spacial score (nSPS) is 24.7. The molecule has 0 aromatic carbocycles. The number of fused-ring (bicyclic) bond motifs is 1. The smallest absolute Gasteiger partial charge is 0.133 e. The van der Waals surface area contributed by atoms with Gasteiger partial charge in [0.2, 0.25) is 0 Å². The Morgan fingerprint density at radius 1 is 1.38 bits per heavy atom. The molecule has 1 N–H and O–H groups in total. The molecule has 0 spiro atoms. The number of hydrogen-bond acceptors (Lipinski definition) is 4. The van der Waals surface area contributed by atoms with E-state index in [4.69, 9.17) is 0 Å². The summed E-state index contributed by atoms with van der Waals surface area (Å²) >= 11 is 0. The summed E-state index contributed by atoms with van der Waals surface area (Å²) in [5.74, 6) is 1.09. The molecule has 1 saturated heterocycles. The van der Waals surface area contributed by atoms with Crippen molar-refractivity contribution in [2.45, 2.75) is 31.7 Å². The van der Waals surface area contributed by atoms with Crippen LogP contribution in [0.5, 0.6) is 0 Å². The largest absolute Gasteiger partial charge is 0.366 e. The van der Waals surface area contributed by atoms with Gasteiger partial charge in [-0.2, -0.15) is 0 Å². The maximum absolute atomic E-state index is 4.40. The molecule has 2 heterocycles. The van der Waals surface area contributed by atoms with Crippen molar-refractivity contribution in [2.75, 3.05) is 25.5 Å². The number of nitrogens with zero attached hydrogens (tertiary/aromatic N) is 3. The Balaban J connectivity index is 1.77. The summed E-state index contributed by atoms with van der Waals surface area (Å²) < 4.78 is 0. The molecule has 1 aliphatic carbocycles. The Hall–Kier alpha value is -1.16. The molecule has 86 valence electrons. The third-order valence-electron chi connectivity index (χ3n) is 3.61. The Morgan fingerprint density at radius 3 is 3.12 bits per heavy atom. The molecule has 0 radical (unpaired) electrons. The zero-order valence-corrected chi connectivity index (χ0v) is 9.74. The van der Waals surface area contributed by atoms with Crippen LogP contribution in [-0.2, 0) is 12.8 Å². The molecule has 1 aromatic rings. The van der Waals surface area contributed by atoms with E-state index >= 15 is 0 Å². The molecule has 1 atom stereocenters. The van der Waals surface area contributed by atoms with Crippen LogP contribution in [-0.4, -0.2) is 41.0 Å². The minimum absolute atomic E-state index is 0.560. The summed E-state index contributed by atoms with van der Waals surface area (Å²) in [4.78, 5) is 11.1. The van der Waals surface area contributed by atoms with Gasteiger partial charge in [0.15, 0.2) is 0 Å². The average molecular weight is 218 g/mol. The van der Waals surface area contributed by atoms with Crippen LogP contribution < -0.4 is 5.32 Å². The fourth-order valence-electron chi connectivity index (χ4n) is 2.73. The van der Waals surface area contributed by atoms with Crippen molar-refractivity contribution in [2.24, 2.45) is 0 Å². The molecule has 0 bridgehead atoms. The predicted molar refractivity (Wildman–Crippen MR) is 63.6 cm³/mol. The Labute approximate surface area is 96.1 Å². The standard InChI is InChI=1S/C12H18N4/c1-16-6-5-9(7-16)15-12-10-3-2-4-11(10)13-8-14-12/h8-9H,2-7H2,1H3,(H,13,14,15). The van der Waals surface area contributed by atoms with Gasteiger partial charge < -0.3 is 10.2 Å². The highest BCUT2D eigenvalue weighted by Crippen LogP contribution is 2.26. The molecular weight excluding hydrogens is 200 g/mol. The number of aryl methyl sites for hydroxylation is 1. The first-order valence-corrected chi connectivity index (χ1v) is 6.11. The maximum Gasteiger partial charge on any atom is 0.133 e. The van der Waals surface area contributed by atoms with Crippen molar-refractivity contribution in [1.82, 2.24) is 14.9 Å². The van der Waals surface area contributed by atoms with E-state index in [0.717, 1.165) is 25.2 Å². The van der Waals surface area contributed by atoms with Crippen LogP contribution in [0, 0.1) is 0 Å². The zero-order valence-electron chi connectivity index (χ0n) is 9.74. The lowest BCUT2D eigenvalue weighted by Crippen LogP contribution is -2.24. The highest BCUT2D eigenvalue weighted by molar-refractivity contribution is 5.48. The van der Waals surface area contributed by atoms with Crippen molar-refractivity contribution >= 4 is 5.82 Å². The molecule has 3 rings (SSSR count). The van der Waals surface area contributed by atoms with Gasteiger partial charge in [-0.05, 0) is 39.3 Å². The summed E-state index contributed by atoms with van der Waals surface area (Å²) in [5.41, 5.74) is 2.61. The second-order valence-electron chi connectivity index (χ2n) is 4.89. The van der Waals surface area contributed by atoms with E-state index < -0.39 is 0 Å². The van der Waals surface area contributed by atoms with Gasteiger partial charge in [0.25, 0.3) is 0 Å². The van der Waals surface area contributed by atoms with Crippen LogP contribution in [0.15, 0.2) is 6.33 Å². The first kappa shape index (κ1) is 10.0. The molecule has 1 aromatic heterocycles. The Morgan fingerprint density at radius 2 is 2.31 bits per heavy atom. The van der Waals surface area contributed by atoms with Crippen LogP contribution in [0.3, 0.4) is 0 Å².